The molecule has 0 heterocycles. The molecule has 2 nitrogen and oxygen atoms in total. The van der Waals surface area contributed by atoms with Gasteiger partial charge in [0.15, 0.2) is 34.8 Å². The van der Waals surface area contributed by atoms with Gasteiger partial charge in [0, 0.05) is 11.1 Å². The van der Waals surface area contributed by atoms with Gasteiger partial charge in [-0.2, -0.15) is 8.78 Å². The smallest absolute Gasteiger partial charge is 0.201 e. The lowest BCUT2D eigenvalue weighted by atomic mass is 9.68. The van der Waals surface area contributed by atoms with Crippen molar-refractivity contribution in [3.63, 3.8) is 0 Å². The summed E-state index contributed by atoms with van der Waals surface area (Å²) in [5, 5.41) is 0. The fourth-order valence-corrected chi connectivity index (χ4v) is 7.34. The standard InChI is InChI=1S/C36H40F6O2/c1-3-43-29-19-17-26(32(38)35(29)41)24-13-11-23(12-14-24)22-8-5-21(6-9-22)7-10-25-15-16-27(33(39)31(25)37)28-18-20-30(44-4-2)36(42)34(28)40/h15-24H,3-14H2,1-2H3. The minimum Gasteiger partial charge on any atom is -0.491 e. The van der Waals surface area contributed by atoms with Crippen molar-refractivity contribution in [2.75, 3.05) is 13.2 Å². The van der Waals surface area contributed by atoms with E-state index in [9.17, 15) is 17.6 Å². The highest BCUT2D eigenvalue weighted by Crippen LogP contribution is 2.45. The van der Waals surface area contributed by atoms with Crippen LogP contribution < -0.4 is 9.47 Å². The number of benzene rings is 3. The van der Waals surface area contributed by atoms with Gasteiger partial charge < -0.3 is 9.47 Å². The molecule has 2 aliphatic carbocycles. The first-order chi connectivity index (χ1) is 21.2. The second-order valence-corrected chi connectivity index (χ2v) is 12.2. The predicted molar refractivity (Wildman–Crippen MR) is 159 cm³/mol. The van der Waals surface area contributed by atoms with Crippen molar-refractivity contribution in [3.8, 4) is 22.6 Å². The first-order valence-corrected chi connectivity index (χ1v) is 15.9. The molecule has 0 bridgehead atoms. The summed E-state index contributed by atoms with van der Waals surface area (Å²) in [6.07, 6.45) is 8.93. The van der Waals surface area contributed by atoms with E-state index in [0.29, 0.717) is 29.7 Å². The number of hydrogen-bond donors (Lipinski definition) is 0. The molecular weight excluding hydrogens is 578 g/mol. The molecule has 0 saturated heterocycles. The molecule has 0 radical (unpaired) electrons. The summed E-state index contributed by atoms with van der Waals surface area (Å²) in [4.78, 5) is 0. The Kier molecular flexibility index (Phi) is 10.5. The Morgan fingerprint density at radius 2 is 1.05 bits per heavy atom. The number of hydrogen-bond acceptors (Lipinski definition) is 2. The van der Waals surface area contributed by atoms with Crippen LogP contribution in [0.2, 0.25) is 0 Å². The molecule has 0 spiro atoms. The van der Waals surface area contributed by atoms with E-state index in [1.165, 1.54) is 30.3 Å². The maximum absolute atomic E-state index is 15.0. The molecule has 5 rings (SSSR count). The zero-order valence-corrected chi connectivity index (χ0v) is 25.3. The minimum absolute atomic E-state index is 0.0133. The van der Waals surface area contributed by atoms with E-state index in [4.69, 9.17) is 9.47 Å². The Labute approximate surface area is 255 Å². The van der Waals surface area contributed by atoms with Crippen LogP contribution in [-0.4, -0.2) is 13.2 Å². The lowest BCUT2D eigenvalue weighted by Gasteiger charge is -2.38. The van der Waals surface area contributed by atoms with Crippen molar-refractivity contribution in [1.82, 2.24) is 0 Å². The zero-order chi connectivity index (χ0) is 31.4. The molecule has 2 fully saturated rings. The van der Waals surface area contributed by atoms with Crippen molar-refractivity contribution in [3.05, 3.63) is 82.4 Å². The molecule has 2 aliphatic rings. The quantitative estimate of drug-likeness (QED) is 0.211. The van der Waals surface area contributed by atoms with Crippen LogP contribution in [0.15, 0.2) is 36.4 Å². The second-order valence-electron chi connectivity index (χ2n) is 12.2. The molecule has 8 heteroatoms. The van der Waals surface area contributed by atoms with Crippen LogP contribution in [0.4, 0.5) is 26.3 Å². The van der Waals surface area contributed by atoms with Crippen LogP contribution in [0.25, 0.3) is 11.1 Å². The Balaban J connectivity index is 1.12. The van der Waals surface area contributed by atoms with E-state index in [1.54, 1.807) is 19.9 Å². The van der Waals surface area contributed by atoms with Gasteiger partial charge in [-0.25, -0.2) is 17.6 Å². The maximum atomic E-state index is 15.0. The third-order valence-electron chi connectivity index (χ3n) is 9.77. The zero-order valence-electron chi connectivity index (χ0n) is 25.3. The molecule has 0 unspecified atom stereocenters. The van der Waals surface area contributed by atoms with Crippen molar-refractivity contribution < 1.29 is 35.8 Å². The van der Waals surface area contributed by atoms with Gasteiger partial charge in [-0.05, 0) is 118 Å². The Morgan fingerprint density at radius 1 is 0.545 bits per heavy atom. The molecule has 2 saturated carbocycles. The topological polar surface area (TPSA) is 18.5 Å². The molecule has 3 aromatic rings. The third kappa shape index (κ3) is 6.74. The van der Waals surface area contributed by atoms with Crippen LogP contribution in [0.5, 0.6) is 11.5 Å². The lowest BCUT2D eigenvalue weighted by Crippen LogP contribution is -2.26. The van der Waals surface area contributed by atoms with Crippen LogP contribution in [-0.2, 0) is 6.42 Å². The normalized spacial score (nSPS) is 22.2. The third-order valence-corrected chi connectivity index (χ3v) is 9.77. The number of rotatable bonds is 10. The number of aryl methyl sites for hydroxylation is 1. The molecule has 238 valence electrons. The van der Waals surface area contributed by atoms with E-state index >= 15 is 8.78 Å². The molecule has 0 atom stereocenters. The summed E-state index contributed by atoms with van der Waals surface area (Å²) >= 11 is 0. The Hall–Kier alpha value is -3.16. The summed E-state index contributed by atoms with van der Waals surface area (Å²) in [5.74, 6) is -5.14. The van der Waals surface area contributed by atoms with Crippen molar-refractivity contribution in [2.45, 2.75) is 84.0 Å². The SMILES string of the molecule is CCOc1ccc(-c2ccc(CCC3CCC(C4CCC(c5ccc(OCC)c(F)c5F)CC4)CC3)c(F)c2F)c(F)c1F. The molecular formula is C36H40F6O2. The summed E-state index contributed by atoms with van der Waals surface area (Å²) in [6, 6.07) is 8.39. The lowest BCUT2D eigenvalue weighted by molar-refractivity contribution is 0.156. The average Bonchev–Trinajstić information content (AvgIpc) is 3.04. The van der Waals surface area contributed by atoms with Gasteiger partial charge in [-0.15, -0.1) is 0 Å². The van der Waals surface area contributed by atoms with Gasteiger partial charge in [-0.3, -0.25) is 0 Å². The fraction of sp³-hybridized carbons (Fsp3) is 0.500. The van der Waals surface area contributed by atoms with Crippen LogP contribution >= 0.6 is 0 Å². The van der Waals surface area contributed by atoms with Crippen LogP contribution in [0.1, 0.15) is 88.7 Å². The Morgan fingerprint density at radius 3 is 1.64 bits per heavy atom. The fourth-order valence-electron chi connectivity index (χ4n) is 7.34. The summed E-state index contributed by atoms with van der Waals surface area (Å²) in [5.41, 5.74) is 0.00687. The Bertz CT molecular complexity index is 1440. The minimum atomic E-state index is -1.27. The summed E-state index contributed by atoms with van der Waals surface area (Å²) in [6.45, 7) is 3.80. The van der Waals surface area contributed by atoms with E-state index in [2.05, 4.69) is 0 Å². The van der Waals surface area contributed by atoms with Crippen molar-refractivity contribution in [2.24, 2.45) is 17.8 Å². The van der Waals surface area contributed by atoms with Crippen LogP contribution in [0.3, 0.4) is 0 Å². The molecule has 0 amide bonds. The second kappa shape index (κ2) is 14.3. The largest absolute Gasteiger partial charge is 0.491 e. The molecule has 0 aromatic heterocycles. The summed E-state index contributed by atoms with van der Waals surface area (Å²) in [7, 11) is 0. The van der Waals surface area contributed by atoms with Gasteiger partial charge >= 0.3 is 0 Å². The predicted octanol–water partition coefficient (Wildman–Crippen LogP) is 10.7. The van der Waals surface area contributed by atoms with Gasteiger partial charge in [0.1, 0.15) is 0 Å². The van der Waals surface area contributed by atoms with E-state index in [1.807, 2.05) is 0 Å². The molecule has 0 aliphatic heterocycles. The van der Waals surface area contributed by atoms with Crippen molar-refractivity contribution in [1.29, 1.82) is 0 Å². The highest BCUT2D eigenvalue weighted by atomic mass is 19.2. The summed E-state index contributed by atoms with van der Waals surface area (Å²) < 4.78 is 98.4. The van der Waals surface area contributed by atoms with E-state index in [0.717, 1.165) is 57.8 Å². The average molecular weight is 619 g/mol. The first kappa shape index (κ1) is 32.2. The maximum Gasteiger partial charge on any atom is 0.201 e. The number of halogens is 6. The number of ether oxygens (including phenoxy) is 2. The van der Waals surface area contributed by atoms with E-state index < -0.39 is 34.9 Å². The first-order valence-electron chi connectivity index (χ1n) is 15.9. The molecule has 44 heavy (non-hydrogen) atoms. The van der Waals surface area contributed by atoms with Gasteiger partial charge in [0.25, 0.3) is 0 Å². The monoisotopic (exact) mass is 618 g/mol. The van der Waals surface area contributed by atoms with Crippen LogP contribution in [0, 0.1) is 52.7 Å². The highest BCUT2D eigenvalue weighted by Gasteiger charge is 2.33. The van der Waals surface area contributed by atoms with Crippen molar-refractivity contribution >= 4 is 0 Å². The van der Waals surface area contributed by atoms with E-state index in [-0.39, 0.29) is 47.3 Å². The van der Waals surface area contributed by atoms with Gasteiger partial charge in [-0.1, -0.05) is 31.0 Å². The van der Waals surface area contributed by atoms with Gasteiger partial charge in [0.2, 0.25) is 11.6 Å². The molecule has 3 aromatic carbocycles. The van der Waals surface area contributed by atoms with Gasteiger partial charge in [0.05, 0.1) is 13.2 Å². The molecule has 0 N–H and O–H groups in total. The highest BCUT2D eigenvalue weighted by molar-refractivity contribution is 5.66.